The Hall–Kier alpha value is -2.44. The van der Waals surface area contributed by atoms with E-state index < -0.39 is 23.3 Å². The monoisotopic (exact) mass is 417 g/mol. The first-order chi connectivity index (χ1) is 14.3. The zero-order chi connectivity index (χ0) is 21.9. The summed E-state index contributed by atoms with van der Waals surface area (Å²) in [6, 6.07) is 5.09. The van der Waals surface area contributed by atoms with E-state index in [2.05, 4.69) is 24.5 Å². The molecule has 2 fully saturated rings. The molecule has 3 rings (SSSR count). The Kier molecular flexibility index (Phi) is 6.78. The van der Waals surface area contributed by atoms with Crippen molar-refractivity contribution in [3.8, 4) is 0 Å². The van der Waals surface area contributed by atoms with Gasteiger partial charge in [-0.1, -0.05) is 58.6 Å². The average Bonchev–Trinajstić information content (AvgIpc) is 2.95. The first-order valence-electron chi connectivity index (χ1n) is 11.0. The number of hydrogen-bond acceptors (Lipinski definition) is 3. The van der Waals surface area contributed by atoms with Gasteiger partial charge in [-0.15, -0.1) is 0 Å². The van der Waals surface area contributed by atoms with Crippen molar-refractivity contribution in [3.63, 3.8) is 0 Å². The Bertz CT molecular complexity index is 797. The highest BCUT2D eigenvalue weighted by atomic mass is 19.1. The maximum atomic E-state index is 13.4. The van der Waals surface area contributed by atoms with Gasteiger partial charge in [-0.25, -0.2) is 9.18 Å². The molecule has 7 heteroatoms. The minimum atomic E-state index is -1.26. The van der Waals surface area contributed by atoms with Crippen molar-refractivity contribution in [2.24, 2.45) is 11.8 Å². The fourth-order valence-corrected chi connectivity index (χ4v) is 4.64. The van der Waals surface area contributed by atoms with Crippen LogP contribution in [0.25, 0.3) is 0 Å². The second-order valence-corrected chi connectivity index (χ2v) is 8.78. The summed E-state index contributed by atoms with van der Waals surface area (Å²) in [5.74, 6) is -0.301. The van der Waals surface area contributed by atoms with Crippen LogP contribution in [-0.4, -0.2) is 35.3 Å². The number of halogens is 1. The molecule has 4 atom stereocenters. The third kappa shape index (κ3) is 4.35. The maximum Gasteiger partial charge on any atom is 0.325 e. The predicted octanol–water partition coefficient (Wildman–Crippen LogP) is 3.70. The second-order valence-electron chi connectivity index (χ2n) is 8.78. The largest absolute Gasteiger partial charge is 0.352 e. The number of hydrogen-bond donors (Lipinski definition) is 2. The zero-order valence-electron chi connectivity index (χ0n) is 18.0. The molecule has 1 aliphatic heterocycles. The van der Waals surface area contributed by atoms with Gasteiger partial charge >= 0.3 is 6.03 Å². The van der Waals surface area contributed by atoms with Gasteiger partial charge in [0.15, 0.2) is 0 Å². The minimum Gasteiger partial charge on any atom is -0.352 e. The number of nitrogens with one attached hydrogen (secondary N) is 2. The molecular formula is C23H32FN3O3. The Morgan fingerprint density at radius 2 is 1.93 bits per heavy atom. The van der Waals surface area contributed by atoms with E-state index in [1.54, 1.807) is 0 Å². The fourth-order valence-electron chi connectivity index (χ4n) is 4.64. The van der Waals surface area contributed by atoms with Crippen LogP contribution < -0.4 is 10.6 Å². The van der Waals surface area contributed by atoms with Gasteiger partial charge in [-0.2, -0.15) is 0 Å². The number of urea groups is 1. The van der Waals surface area contributed by atoms with Crippen LogP contribution in [0.4, 0.5) is 9.18 Å². The molecule has 30 heavy (non-hydrogen) atoms. The van der Waals surface area contributed by atoms with Gasteiger partial charge in [0, 0.05) is 6.04 Å². The molecule has 0 spiro atoms. The van der Waals surface area contributed by atoms with E-state index >= 15 is 0 Å². The number of carbonyl (C=O) groups is 3. The maximum absolute atomic E-state index is 13.4. The average molecular weight is 418 g/mol. The molecule has 2 aliphatic rings. The van der Waals surface area contributed by atoms with E-state index in [0.29, 0.717) is 30.2 Å². The number of benzene rings is 1. The standard InChI is InChI=1S/C23H32FN3O3/c1-4-5-13-23(17-9-11-18(24)12-10-17)21(29)27(22(30)26-23)14-20(28)25-19-8-6-7-15(2)16(19)3/h9-12,15-16,19H,4-8,13-14H2,1-3H3,(H,25,28)(H,26,30)/t15-,16-,19-,23-/m0/s1. The highest BCUT2D eigenvalue weighted by molar-refractivity contribution is 6.09. The van der Waals surface area contributed by atoms with Crippen LogP contribution in [0, 0.1) is 17.7 Å². The summed E-state index contributed by atoms with van der Waals surface area (Å²) in [7, 11) is 0. The number of carbonyl (C=O) groups excluding carboxylic acids is 3. The van der Waals surface area contributed by atoms with Gasteiger partial charge in [-0.3, -0.25) is 14.5 Å². The molecule has 6 nitrogen and oxygen atoms in total. The summed E-state index contributed by atoms with van der Waals surface area (Å²) in [5, 5.41) is 5.82. The van der Waals surface area contributed by atoms with Crippen LogP contribution in [0.15, 0.2) is 24.3 Å². The van der Waals surface area contributed by atoms with Gasteiger partial charge in [0.25, 0.3) is 5.91 Å². The molecule has 1 saturated carbocycles. The predicted molar refractivity (Wildman–Crippen MR) is 112 cm³/mol. The van der Waals surface area contributed by atoms with Gasteiger partial charge < -0.3 is 10.6 Å². The molecule has 1 aliphatic carbocycles. The lowest BCUT2D eigenvalue weighted by Crippen LogP contribution is -2.49. The first-order valence-corrected chi connectivity index (χ1v) is 11.0. The van der Waals surface area contributed by atoms with Crippen LogP contribution in [-0.2, 0) is 15.1 Å². The lowest BCUT2D eigenvalue weighted by Gasteiger charge is -2.34. The molecule has 1 aromatic carbocycles. The highest BCUT2D eigenvalue weighted by Gasteiger charge is 2.52. The van der Waals surface area contributed by atoms with Crippen molar-refractivity contribution >= 4 is 17.8 Å². The van der Waals surface area contributed by atoms with Crippen LogP contribution in [0.1, 0.15) is 64.9 Å². The molecule has 0 radical (unpaired) electrons. The minimum absolute atomic E-state index is 0.0592. The van der Waals surface area contributed by atoms with Crippen molar-refractivity contribution in [3.05, 3.63) is 35.6 Å². The molecule has 1 aromatic rings. The Morgan fingerprint density at radius 1 is 1.23 bits per heavy atom. The van der Waals surface area contributed by atoms with Gasteiger partial charge in [-0.05, 0) is 42.4 Å². The topological polar surface area (TPSA) is 78.5 Å². The van der Waals surface area contributed by atoms with Crippen LogP contribution >= 0.6 is 0 Å². The smallest absolute Gasteiger partial charge is 0.325 e. The molecule has 2 N–H and O–H groups in total. The molecular weight excluding hydrogens is 385 g/mol. The summed E-state index contributed by atoms with van der Waals surface area (Å²) in [5.41, 5.74) is -0.721. The van der Waals surface area contributed by atoms with Gasteiger partial charge in [0.1, 0.15) is 17.9 Å². The van der Waals surface area contributed by atoms with Crippen molar-refractivity contribution < 1.29 is 18.8 Å². The number of imide groups is 1. The van der Waals surface area contributed by atoms with Crippen molar-refractivity contribution in [1.82, 2.24) is 15.5 Å². The summed E-state index contributed by atoms with van der Waals surface area (Å²) < 4.78 is 13.4. The number of rotatable bonds is 7. The van der Waals surface area contributed by atoms with Crippen molar-refractivity contribution in [2.75, 3.05) is 6.54 Å². The van der Waals surface area contributed by atoms with Crippen molar-refractivity contribution in [2.45, 2.75) is 70.9 Å². The molecule has 0 bridgehead atoms. The third-order valence-electron chi connectivity index (χ3n) is 6.77. The van der Waals surface area contributed by atoms with Crippen LogP contribution in [0.2, 0.25) is 0 Å². The quantitative estimate of drug-likeness (QED) is 0.664. The second kappa shape index (κ2) is 9.14. The van der Waals surface area contributed by atoms with Gasteiger partial charge in [0.2, 0.25) is 5.91 Å². The molecule has 1 heterocycles. The van der Waals surface area contributed by atoms with E-state index in [1.807, 2.05) is 6.92 Å². The molecule has 0 unspecified atom stereocenters. The normalized spacial score (nSPS) is 29.1. The Labute approximate surface area is 177 Å². The summed E-state index contributed by atoms with van der Waals surface area (Å²) >= 11 is 0. The summed E-state index contributed by atoms with van der Waals surface area (Å²) in [6.07, 6.45) is 5.07. The first kappa shape index (κ1) is 22.2. The van der Waals surface area contributed by atoms with Crippen LogP contribution in [0.5, 0.6) is 0 Å². The number of amides is 4. The third-order valence-corrected chi connectivity index (χ3v) is 6.77. The molecule has 164 valence electrons. The Balaban J connectivity index is 1.76. The van der Waals surface area contributed by atoms with E-state index in [1.165, 1.54) is 24.3 Å². The van der Waals surface area contributed by atoms with E-state index in [-0.39, 0.29) is 18.5 Å². The lowest BCUT2D eigenvalue weighted by atomic mass is 9.78. The summed E-state index contributed by atoms with van der Waals surface area (Å²) in [4.78, 5) is 39.7. The lowest BCUT2D eigenvalue weighted by molar-refractivity contribution is -0.135. The van der Waals surface area contributed by atoms with E-state index in [0.717, 1.165) is 30.6 Å². The highest BCUT2D eigenvalue weighted by Crippen LogP contribution is 2.34. The van der Waals surface area contributed by atoms with Crippen LogP contribution in [0.3, 0.4) is 0 Å². The molecule has 0 aromatic heterocycles. The number of nitrogens with zero attached hydrogens (tertiary/aromatic N) is 1. The van der Waals surface area contributed by atoms with Crippen molar-refractivity contribution in [1.29, 1.82) is 0 Å². The zero-order valence-corrected chi connectivity index (χ0v) is 18.0. The summed E-state index contributed by atoms with van der Waals surface area (Å²) in [6.45, 7) is 6.01. The Morgan fingerprint density at radius 3 is 2.60 bits per heavy atom. The van der Waals surface area contributed by atoms with E-state index in [9.17, 15) is 18.8 Å². The molecule has 1 saturated heterocycles. The fraction of sp³-hybridized carbons (Fsp3) is 0.609. The van der Waals surface area contributed by atoms with Gasteiger partial charge in [0.05, 0.1) is 0 Å². The SMILES string of the molecule is CCCC[C@@]1(c2ccc(F)cc2)NC(=O)N(CC(=O)N[C@H]2CCC[C@H](C)[C@@H]2C)C1=O. The van der Waals surface area contributed by atoms with E-state index in [4.69, 9.17) is 0 Å². The number of unbranched alkanes of at least 4 members (excludes halogenated alkanes) is 1. The molecule has 4 amide bonds.